The summed E-state index contributed by atoms with van der Waals surface area (Å²) in [4.78, 5) is 26.8. The molecule has 3 atom stereocenters. The molecule has 0 radical (unpaired) electrons. The average molecular weight is 358 g/mol. The molecule has 1 fully saturated rings. The van der Waals surface area contributed by atoms with Crippen molar-refractivity contribution in [3.8, 4) is 0 Å². The van der Waals surface area contributed by atoms with Crippen LogP contribution in [0.25, 0.3) is 0 Å². The summed E-state index contributed by atoms with van der Waals surface area (Å²) in [5, 5.41) is 13.6. The van der Waals surface area contributed by atoms with Gasteiger partial charge in [-0.2, -0.15) is 0 Å². The normalized spacial score (nSPS) is 21.0. The van der Waals surface area contributed by atoms with E-state index in [9.17, 15) is 9.90 Å². The molecule has 0 bridgehead atoms. The van der Waals surface area contributed by atoms with E-state index in [1.54, 1.807) is 18.6 Å². The van der Waals surface area contributed by atoms with Gasteiger partial charge >= 0.3 is 0 Å². The SMILES string of the molecule is CC(NC[C@H]1C[C@@H](O)CN1c1cc(N(C)C)ncn1)c1cc[nH]c(=O)c1. The average Bonchev–Trinajstić information content (AvgIpc) is 3.00. The molecule has 26 heavy (non-hydrogen) atoms. The summed E-state index contributed by atoms with van der Waals surface area (Å²) in [6.45, 7) is 3.27. The first-order chi connectivity index (χ1) is 12.4. The first kappa shape index (κ1) is 18.3. The van der Waals surface area contributed by atoms with Gasteiger partial charge in [0, 0.05) is 57.6 Å². The van der Waals surface area contributed by atoms with Gasteiger partial charge in [-0.25, -0.2) is 9.97 Å². The number of H-pyrrole nitrogens is 1. The minimum Gasteiger partial charge on any atom is -0.391 e. The maximum Gasteiger partial charge on any atom is 0.248 e. The Morgan fingerprint density at radius 2 is 2.23 bits per heavy atom. The maximum absolute atomic E-state index is 11.5. The second-order valence-electron chi connectivity index (χ2n) is 6.94. The van der Waals surface area contributed by atoms with E-state index in [1.165, 1.54) is 0 Å². The van der Waals surface area contributed by atoms with Crippen LogP contribution < -0.4 is 20.7 Å². The van der Waals surface area contributed by atoms with Crippen LogP contribution in [-0.2, 0) is 0 Å². The molecule has 1 unspecified atom stereocenters. The van der Waals surface area contributed by atoms with Crippen molar-refractivity contribution >= 4 is 11.6 Å². The van der Waals surface area contributed by atoms with E-state index in [2.05, 4.69) is 25.2 Å². The van der Waals surface area contributed by atoms with Gasteiger partial charge in [-0.15, -0.1) is 0 Å². The van der Waals surface area contributed by atoms with E-state index < -0.39 is 0 Å². The van der Waals surface area contributed by atoms with Crippen LogP contribution >= 0.6 is 0 Å². The van der Waals surface area contributed by atoms with Crippen LogP contribution in [0.1, 0.15) is 24.9 Å². The molecule has 8 nitrogen and oxygen atoms in total. The van der Waals surface area contributed by atoms with Gasteiger partial charge in [0.1, 0.15) is 18.0 Å². The number of rotatable bonds is 6. The topological polar surface area (TPSA) is 97.4 Å². The quantitative estimate of drug-likeness (QED) is 0.693. The number of aliphatic hydroxyl groups excluding tert-OH is 1. The molecule has 2 aromatic rings. The zero-order valence-electron chi connectivity index (χ0n) is 15.4. The largest absolute Gasteiger partial charge is 0.391 e. The van der Waals surface area contributed by atoms with Crippen molar-refractivity contribution in [1.29, 1.82) is 0 Å². The third kappa shape index (κ3) is 4.20. The third-order valence-corrected chi connectivity index (χ3v) is 4.74. The van der Waals surface area contributed by atoms with E-state index in [1.807, 2.05) is 38.1 Å². The summed E-state index contributed by atoms with van der Waals surface area (Å²) in [5.74, 6) is 1.65. The van der Waals surface area contributed by atoms with Crippen LogP contribution in [0.4, 0.5) is 11.6 Å². The van der Waals surface area contributed by atoms with Crippen LogP contribution in [0.15, 0.2) is 35.5 Å². The standard InChI is InChI=1S/C18H26N6O2/c1-12(13-4-5-19-18(26)6-13)20-9-14-7-15(25)10-24(14)17-8-16(23(2)3)21-11-22-17/h4-6,8,11-12,14-15,20,25H,7,9-10H2,1-3H3,(H,19,26)/t12?,14-,15-/m1/s1. The van der Waals surface area contributed by atoms with Gasteiger partial charge in [-0.1, -0.05) is 0 Å². The molecular formula is C18H26N6O2. The third-order valence-electron chi connectivity index (χ3n) is 4.74. The molecule has 1 aliphatic heterocycles. The molecule has 1 saturated heterocycles. The summed E-state index contributed by atoms with van der Waals surface area (Å²) < 4.78 is 0. The summed E-state index contributed by atoms with van der Waals surface area (Å²) in [6.07, 6.45) is 3.51. The highest BCUT2D eigenvalue weighted by Crippen LogP contribution is 2.26. The van der Waals surface area contributed by atoms with Gasteiger partial charge in [0.05, 0.1) is 6.10 Å². The number of β-amino-alcohol motifs (C(OH)–C–C–N with tert-alkyl or cyclic N) is 1. The number of hydrogen-bond donors (Lipinski definition) is 3. The highest BCUT2D eigenvalue weighted by Gasteiger charge is 2.32. The molecule has 3 heterocycles. The molecule has 140 valence electrons. The van der Waals surface area contributed by atoms with Crippen LogP contribution in [0.3, 0.4) is 0 Å². The number of anilines is 2. The fraction of sp³-hybridized carbons (Fsp3) is 0.500. The molecule has 2 aromatic heterocycles. The van der Waals surface area contributed by atoms with Gasteiger partial charge in [0.2, 0.25) is 5.56 Å². The Morgan fingerprint density at radius 1 is 1.42 bits per heavy atom. The first-order valence-electron chi connectivity index (χ1n) is 8.80. The van der Waals surface area contributed by atoms with E-state index in [0.29, 0.717) is 19.5 Å². The smallest absolute Gasteiger partial charge is 0.248 e. The number of nitrogens with zero attached hydrogens (tertiary/aromatic N) is 4. The number of aromatic nitrogens is 3. The summed E-state index contributed by atoms with van der Waals surface area (Å²) >= 11 is 0. The summed E-state index contributed by atoms with van der Waals surface area (Å²) in [7, 11) is 3.88. The van der Waals surface area contributed by atoms with Crippen molar-refractivity contribution in [2.45, 2.75) is 31.5 Å². The molecule has 1 aliphatic rings. The van der Waals surface area contributed by atoms with Gasteiger partial charge < -0.3 is 25.2 Å². The molecular weight excluding hydrogens is 332 g/mol. The highest BCUT2D eigenvalue weighted by atomic mass is 16.3. The molecule has 8 heteroatoms. The van der Waals surface area contributed by atoms with Crippen molar-refractivity contribution in [2.24, 2.45) is 0 Å². The molecule has 0 aliphatic carbocycles. The van der Waals surface area contributed by atoms with Crippen molar-refractivity contribution in [3.05, 3.63) is 46.6 Å². The molecule has 0 aromatic carbocycles. The Morgan fingerprint density at radius 3 is 2.96 bits per heavy atom. The number of aliphatic hydroxyl groups is 1. The number of aromatic amines is 1. The lowest BCUT2D eigenvalue weighted by molar-refractivity contribution is 0.193. The Bertz CT molecular complexity index is 793. The lowest BCUT2D eigenvalue weighted by Gasteiger charge is -2.27. The van der Waals surface area contributed by atoms with Crippen LogP contribution in [0, 0.1) is 0 Å². The first-order valence-corrected chi connectivity index (χ1v) is 8.80. The minimum atomic E-state index is -0.380. The zero-order valence-corrected chi connectivity index (χ0v) is 15.4. The Balaban J connectivity index is 1.70. The van der Waals surface area contributed by atoms with Gasteiger partial charge in [-0.3, -0.25) is 4.79 Å². The minimum absolute atomic E-state index is 0.0413. The predicted octanol–water partition coefficient (Wildman–Crippen LogP) is 0.521. The molecule has 3 rings (SSSR count). The van der Waals surface area contributed by atoms with Crippen molar-refractivity contribution in [3.63, 3.8) is 0 Å². The fourth-order valence-electron chi connectivity index (χ4n) is 3.27. The molecule has 3 N–H and O–H groups in total. The van der Waals surface area contributed by atoms with Crippen LogP contribution in [0.5, 0.6) is 0 Å². The van der Waals surface area contributed by atoms with Crippen molar-refractivity contribution in [2.75, 3.05) is 37.0 Å². The Hall–Kier alpha value is -2.45. The fourth-order valence-corrected chi connectivity index (χ4v) is 3.27. The van der Waals surface area contributed by atoms with Gasteiger partial charge in [-0.05, 0) is 25.0 Å². The molecule has 0 saturated carbocycles. The van der Waals surface area contributed by atoms with E-state index in [4.69, 9.17) is 0 Å². The number of pyridine rings is 1. The Labute approximate surface area is 152 Å². The van der Waals surface area contributed by atoms with Gasteiger partial charge in [0.25, 0.3) is 0 Å². The van der Waals surface area contributed by atoms with E-state index in [0.717, 1.165) is 17.2 Å². The maximum atomic E-state index is 11.5. The molecule has 0 spiro atoms. The second kappa shape index (κ2) is 7.84. The predicted molar refractivity (Wildman–Crippen MR) is 102 cm³/mol. The lowest BCUT2D eigenvalue weighted by atomic mass is 10.1. The van der Waals surface area contributed by atoms with Crippen LogP contribution in [0.2, 0.25) is 0 Å². The summed E-state index contributed by atoms with van der Waals surface area (Å²) in [6, 6.07) is 5.60. The van der Waals surface area contributed by atoms with Crippen molar-refractivity contribution in [1.82, 2.24) is 20.3 Å². The van der Waals surface area contributed by atoms with Crippen molar-refractivity contribution < 1.29 is 5.11 Å². The van der Waals surface area contributed by atoms with E-state index in [-0.39, 0.29) is 23.7 Å². The highest BCUT2D eigenvalue weighted by molar-refractivity contribution is 5.51. The summed E-state index contributed by atoms with van der Waals surface area (Å²) in [5.41, 5.74) is 0.835. The molecule has 0 amide bonds. The van der Waals surface area contributed by atoms with E-state index >= 15 is 0 Å². The number of hydrogen-bond acceptors (Lipinski definition) is 7. The monoisotopic (exact) mass is 358 g/mol. The van der Waals surface area contributed by atoms with Crippen LogP contribution in [-0.4, -0.2) is 59.4 Å². The zero-order chi connectivity index (χ0) is 18.7. The number of nitrogens with one attached hydrogen (secondary N) is 2. The van der Waals surface area contributed by atoms with Gasteiger partial charge in [0.15, 0.2) is 0 Å². The Kier molecular flexibility index (Phi) is 5.53. The second-order valence-corrected chi connectivity index (χ2v) is 6.94. The lowest BCUT2D eigenvalue weighted by Crippen LogP contribution is -2.39.